The van der Waals surface area contributed by atoms with E-state index < -0.39 is 0 Å². The van der Waals surface area contributed by atoms with E-state index in [1.54, 1.807) is 11.8 Å². The fourth-order valence-electron chi connectivity index (χ4n) is 8.13. The number of fused-ring (bicyclic) bond motifs is 9. The lowest BCUT2D eigenvalue weighted by atomic mass is 9.68. The number of nitrogens with one attached hydrogen (secondary N) is 1. The molecule has 3 aromatic carbocycles. The molecule has 6 unspecified atom stereocenters. The molecule has 2 amide bonds. The highest BCUT2D eigenvalue weighted by molar-refractivity contribution is 9.10. The number of hydrogen-bond acceptors (Lipinski definition) is 6. The molecule has 4 aliphatic rings. The summed E-state index contributed by atoms with van der Waals surface area (Å²) in [5.41, 5.74) is 5.05. The number of hydrogen-bond donors (Lipinski definition) is 1. The van der Waals surface area contributed by atoms with Crippen LogP contribution in [0.3, 0.4) is 0 Å². The molecule has 2 aliphatic carbocycles. The number of aromatic nitrogens is 1. The molecule has 2 saturated carbocycles. The van der Waals surface area contributed by atoms with Crippen LogP contribution in [0.5, 0.6) is 5.75 Å². The van der Waals surface area contributed by atoms with E-state index in [1.807, 2.05) is 55.5 Å². The SMILES string of the molecule is Cc1ccc(N2C(=O)C3C4CC(C3C2=O)C2C4Sc3[nH]c(=O)sc3[C@@H]2c2cc(Br)ccc2OCc2ccccc2C)cc1. The van der Waals surface area contributed by atoms with Crippen LogP contribution in [0.2, 0.25) is 0 Å². The molecule has 0 spiro atoms. The second kappa shape index (κ2) is 10.2. The molecule has 6 nitrogen and oxygen atoms in total. The highest BCUT2D eigenvalue weighted by Gasteiger charge is 2.69. The molecule has 1 aromatic heterocycles. The standard InChI is InChI=1S/C34H29BrN2O4S2/c1-16-7-10-20(11-8-16)37-32(38)27-22-14-23(28(27)33(37)39)29-26(22)25(30-31(42-29)36-34(40)43-30)21-13-19(35)9-12-24(21)41-15-18-6-4-3-5-17(18)2/h3-13,22-23,25-29H,14-15H2,1-2H3,(H,36,40)/t22?,23?,25-,26?,27?,28?,29?/m1/s1. The Kier molecular flexibility index (Phi) is 6.51. The van der Waals surface area contributed by atoms with Crippen LogP contribution < -0.4 is 14.5 Å². The maximum Gasteiger partial charge on any atom is 0.305 e. The maximum atomic E-state index is 14.1. The zero-order valence-corrected chi connectivity index (χ0v) is 26.8. The molecule has 8 rings (SSSR count). The van der Waals surface area contributed by atoms with Gasteiger partial charge in [0.25, 0.3) is 0 Å². The van der Waals surface area contributed by atoms with Crippen LogP contribution in [-0.2, 0) is 16.2 Å². The van der Waals surface area contributed by atoms with E-state index in [0.29, 0.717) is 12.3 Å². The van der Waals surface area contributed by atoms with Crippen molar-refractivity contribution in [1.82, 2.24) is 4.98 Å². The number of rotatable bonds is 5. The van der Waals surface area contributed by atoms with Crippen molar-refractivity contribution in [1.29, 1.82) is 0 Å². The number of amides is 2. The van der Waals surface area contributed by atoms with Gasteiger partial charge in [0.05, 0.1) is 22.5 Å². The van der Waals surface area contributed by atoms with E-state index in [4.69, 9.17) is 4.74 Å². The number of nitrogens with zero attached hydrogens (tertiary/aromatic N) is 1. The number of anilines is 1. The third-order valence-electron chi connectivity index (χ3n) is 9.97. The number of ether oxygens (including phenoxy) is 1. The molecule has 1 N–H and O–H groups in total. The molecule has 3 heterocycles. The van der Waals surface area contributed by atoms with E-state index in [9.17, 15) is 14.4 Å². The highest BCUT2D eigenvalue weighted by Crippen LogP contribution is 2.69. The Labute approximate surface area is 266 Å². The first-order chi connectivity index (χ1) is 20.8. The number of carbonyl (C=O) groups is 2. The summed E-state index contributed by atoms with van der Waals surface area (Å²) in [6.07, 6.45) is 0.847. The zero-order valence-electron chi connectivity index (χ0n) is 23.6. The summed E-state index contributed by atoms with van der Waals surface area (Å²) in [5.74, 6) is 0.0500. The van der Waals surface area contributed by atoms with Gasteiger partial charge in [0.1, 0.15) is 12.4 Å². The topological polar surface area (TPSA) is 79.5 Å². The van der Waals surface area contributed by atoms with E-state index in [1.165, 1.54) is 21.8 Å². The molecule has 2 bridgehead atoms. The van der Waals surface area contributed by atoms with Crippen molar-refractivity contribution in [3.05, 3.63) is 108 Å². The predicted molar refractivity (Wildman–Crippen MR) is 172 cm³/mol. The van der Waals surface area contributed by atoms with Crippen LogP contribution in [0.15, 0.2) is 81.0 Å². The molecule has 0 radical (unpaired) electrons. The van der Waals surface area contributed by atoms with Crippen molar-refractivity contribution >= 4 is 56.5 Å². The predicted octanol–water partition coefficient (Wildman–Crippen LogP) is 7.07. The molecule has 4 aromatic rings. The van der Waals surface area contributed by atoms with E-state index in [0.717, 1.165) is 43.2 Å². The summed E-state index contributed by atoms with van der Waals surface area (Å²) < 4.78 is 7.47. The smallest absolute Gasteiger partial charge is 0.305 e. The molecule has 7 atom stereocenters. The first-order valence-electron chi connectivity index (χ1n) is 14.6. The van der Waals surface area contributed by atoms with Gasteiger partial charge >= 0.3 is 4.87 Å². The summed E-state index contributed by atoms with van der Waals surface area (Å²) in [7, 11) is 0. The number of H-pyrrole nitrogens is 1. The molecular weight excluding hydrogens is 644 g/mol. The minimum absolute atomic E-state index is 0.0398. The van der Waals surface area contributed by atoms with Gasteiger partial charge in [-0.15, -0.1) is 11.8 Å². The van der Waals surface area contributed by atoms with Crippen molar-refractivity contribution in [2.75, 3.05) is 4.90 Å². The normalized spacial score (nSPS) is 28.6. The Morgan fingerprint density at radius 3 is 2.47 bits per heavy atom. The number of aromatic amines is 1. The van der Waals surface area contributed by atoms with Crippen LogP contribution in [0.4, 0.5) is 5.69 Å². The minimum Gasteiger partial charge on any atom is -0.489 e. The molecule has 218 valence electrons. The summed E-state index contributed by atoms with van der Waals surface area (Å²) in [4.78, 5) is 46.2. The van der Waals surface area contributed by atoms with E-state index >= 15 is 0 Å². The summed E-state index contributed by atoms with van der Waals surface area (Å²) >= 11 is 6.66. The number of thiazole rings is 1. The van der Waals surface area contributed by atoms with Crippen LogP contribution in [0, 0.1) is 43.4 Å². The van der Waals surface area contributed by atoms with Crippen LogP contribution in [-0.4, -0.2) is 22.0 Å². The highest BCUT2D eigenvalue weighted by atomic mass is 79.9. The summed E-state index contributed by atoms with van der Waals surface area (Å²) in [6.45, 7) is 4.51. The third-order valence-corrected chi connectivity index (χ3v) is 13.0. The quantitative estimate of drug-likeness (QED) is 0.229. The van der Waals surface area contributed by atoms with Crippen LogP contribution in [0.1, 0.15) is 39.5 Å². The Balaban J connectivity index is 1.20. The van der Waals surface area contributed by atoms with E-state index in [2.05, 4.69) is 46.0 Å². The number of benzene rings is 3. The van der Waals surface area contributed by atoms with Crippen LogP contribution in [0.25, 0.3) is 0 Å². The zero-order chi connectivity index (χ0) is 29.6. The fraction of sp³-hybridized carbons (Fsp3) is 0.324. The number of imide groups is 1. The molecule has 1 saturated heterocycles. The lowest BCUT2D eigenvalue weighted by Gasteiger charge is -2.43. The lowest BCUT2D eigenvalue weighted by Crippen LogP contribution is -2.42. The molecular formula is C34H29BrN2O4S2. The molecule has 43 heavy (non-hydrogen) atoms. The van der Waals surface area contributed by atoms with Gasteiger partial charge in [-0.1, -0.05) is 69.2 Å². The van der Waals surface area contributed by atoms with Crippen molar-refractivity contribution < 1.29 is 14.3 Å². The minimum atomic E-state index is -0.344. The average Bonchev–Trinajstić information content (AvgIpc) is 3.72. The molecule has 9 heteroatoms. The summed E-state index contributed by atoms with van der Waals surface area (Å²) in [5, 5.41) is 1.01. The largest absolute Gasteiger partial charge is 0.489 e. The van der Waals surface area contributed by atoms with Crippen molar-refractivity contribution in [2.45, 2.75) is 43.1 Å². The lowest BCUT2D eigenvalue weighted by molar-refractivity contribution is -0.123. The summed E-state index contributed by atoms with van der Waals surface area (Å²) in [6, 6.07) is 22.0. The number of carbonyl (C=O) groups excluding carboxylic acids is 2. The monoisotopic (exact) mass is 672 g/mol. The van der Waals surface area contributed by atoms with Crippen molar-refractivity contribution in [2.24, 2.45) is 29.6 Å². The Morgan fingerprint density at radius 1 is 0.953 bits per heavy atom. The average molecular weight is 674 g/mol. The third kappa shape index (κ3) is 4.22. The molecule has 2 aliphatic heterocycles. The van der Waals surface area contributed by atoms with Gasteiger partial charge in [0.15, 0.2) is 0 Å². The van der Waals surface area contributed by atoms with Gasteiger partial charge in [-0.05, 0) is 79.5 Å². The Bertz CT molecular complexity index is 1850. The first kappa shape index (κ1) is 27.4. The second-order valence-electron chi connectivity index (χ2n) is 12.2. The van der Waals surface area contributed by atoms with Gasteiger partial charge in [-0.3, -0.25) is 19.3 Å². The second-order valence-corrected chi connectivity index (χ2v) is 15.3. The number of aryl methyl sites for hydroxylation is 2. The number of thioether (sulfide) groups is 1. The van der Waals surface area contributed by atoms with Gasteiger partial charge in [0.2, 0.25) is 11.8 Å². The molecule has 3 fully saturated rings. The Hall–Kier alpha value is -3.14. The maximum absolute atomic E-state index is 14.1. The van der Waals surface area contributed by atoms with Gasteiger partial charge in [-0.2, -0.15) is 0 Å². The van der Waals surface area contributed by atoms with Crippen molar-refractivity contribution in [3.63, 3.8) is 0 Å². The van der Waals surface area contributed by atoms with Crippen molar-refractivity contribution in [3.8, 4) is 5.75 Å². The van der Waals surface area contributed by atoms with Gasteiger partial charge in [0, 0.05) is 26.1 Å². The Morgan fingerprint density at radius 2 is 1.70 bits per heavy atom. The van der Waals surface area contributed by atoms with E-state index in [-0.39, 0.29) is 57.4 Å². The first-order valence-corrected chi connectivity index (χ1v) is 17.1. The van der Waals surface area contributed by atoms with Gasteiger partial charge in [-0.25, -0.2) is 0 Å². The van der Waals surface area contributed by atoms with Crippen LogP contribution >= 0.6 is 39.0 Å². The van der Waals surface area contributed by atoms with Gasteiger partial charge < -0.3 is 9.72 Å². The number of halogens is 1. The fourth-order valence-corrected chi connectivity index (χ4v) is 11.4.